The van der Waals surface area contributed by atoms with Crippen LogP contribution in [0.3, 0.4) is 0 Å². The third-order valence-corrected chi connectivity index (χ3v) is 3.43. The Balaban J connectivity index is 2.21. The van der Waals surface area contributed by atoms with Crippen molar-refractivity contribution >= 4 is 23.0 Å². The number of benzene rings is 2. The molecule has 2 N–H and O–H groups in total. The van der Waals surface area contributed by atoms with Crippen LogP contribution in [0.4, 0.5) is 11.4 Å². The van der Waals surface area contributed by atoms with Crippen LogP contribution in [0.2, 0.25) is 0 Å². The number of aryl methyl sites for hydroxylation is 1. The smallest absolute Gasteiger partial charge is 0.275 e. The molecule has 0 spiro atoms. The molecule has 2 aromatic rings. The van der Waals surface area contributed by atoms with E-state index in [1.807, 2.05) is 19.1 Å². The van der Waals surface area contributed by atoms with Crippen LogP contribution >= 0.6 is 11.6 Å². The zero-order valence-corrected chi connectivity index (χ0v) is 13.3. The van der Waals surface area contributed by atoms with Crippen LogP contribution in [0.15, 0.2) is 42.5 Å². The van der Waals surface area contributed by atoms with E-state index in [0.29, 0.717) is 17.2 Å². The van der Waals surface area contributed by atoms with Gasteiger partial charge in [-0.25, -0.2) is 0 Å². The van der Waals surface area contributed by atoms with Gasteiger partial charge >= 0.3 is 0 Å². The van der Waals surface area contributed by atoms with E-state index in [1.165, 1.54) is 12.1 Å². The van der Waals surface area contributed by atoms with Gasteiger partial charge in [0.2, 0.25) is 0 Å². The van der Waals surface area contributed by atoms with Crippen molar-refractivity contribution in [1.29, 1.82) is 0 Å². The standard InChI is InChI=1S/C16H17ClN2O4/c1-11-2-4-15(5-3-11)23-16-7-12(18-10-14(20)9-17)6-13(8-16)19(21)22/h2-8,14,18,20H,9-10H2,1H3. The largest absolute Gasteiger partial charge is 0.457 e. The Hall–Kier alpha value is -2.31. The highest BCUT2D eigenvalue weighted by atomic mass is 35.5. The molecule has 0 amide bonds. The summed E-state index contributed by atoms with van der Waals surface area (Å²) in [7, 11) is 0. The molecular weight excluding hydrogens is 320 g/mol. The highest BCUT2D eigenvalue weighted by Crippen LogP contribution is 2.29. The first-order valence-electron chi connectivity index (χ1n) is 7.00. The predicted molar refractivity (Wildman–Crippen MR) is 89.6 cm³/mol. The summed E-state index contributed by atoms with van der Waals surface area (Å²) in [5.41, 5.74) is 1.47. The third kappa shape index (κ3) is 5.12. The fraction of sp³-hybridized carbons (Fsp3) is 0.250. The second-order valence-electron chi connectivity index (χ2n) is 5.08. The highest BCUT2D eigenvalue weighted by molar-refractivity contribution is 6.18. The molecule has 0 aliphatic heterocycles. The van der Waals surface area contributed by atoms with Gasteiger partial charge in [0.25, 0.3) is 5.69 Å². The van der Waals surface area contributed by atoms with Gasteiger partial charge < -0.3 is 15.2 Å². The van der Waals surface area contributed by atoms with Gasteiger partial charge in [0.05, 0.1) is 23.0 Å². The highest BCUT2D eigenvalue weighted by Gasteiger charge is 2.12. The van der Waals surface area contributed by atoms with E-state index in [0.717, 1.165) is 5.56 Å². The molecule has 0 heterocycles. The Morgan fingerprint density at radius 1 is 1.26 bits per heavy atom. The molecule has 0 saturated heterocycles. The fourth-order valence-corrected chi connectivity index (χ4v) is 1.99. The van der Waals surface area contributed by atoms with E-state index in [1.54, 1.807) is 18.2 Å². The first-order valence-corrected chi connectivity index (χ1v) is 7.53. The lowest BCUT2D eigenvalue weighted by molar-refractivity contribution is -0.384. The lowest BCUT2D eigenvalue weighted by Gasteiger charge is -2.12. The van der Waals surface area contributed by atoms with Gasteiger partial charge in [0.1, 0.15) is 11.5 Å². The number of rotatable bonds is 7. The zero-order valence-electron chi connectivity index (χ0n) is 12.5. The molecule has 7 heteroatoms. The number of alkyl halides is 1. The summed E-state index contributed by atoms with van der Waals surface area (Å²) in [4.78, 5) is 10.6. The number of halogens is 1. The summed E-state index contributed by atoms with van der Waals surface area (Å²) in [5.74, 6) is 1.00. The van der Waals surface area contributed by atoms with Crippen LogP contribution in [0.25, 0.3) is 0 Å². The number of ether oxygens (including phenoxy) is 1. The summed E-state index contributed by atoms with van der Waals surface area (Å²) < 4.78 is 5.66. The predicted octanol–water partition coefficient (Wildman–Crippen LogP) is 3.71. The number of aliphatic hydroxyl groups is 1. The average molecular weight is 337 g/mol. The van der Waals surface area contributed by atoms with Gasteiger partial charge in [0.15, 0.2) is 0 Å². The number of hydrogen-bond donors (Lipinski definition) is 2. The van der Waals surface area contributed by atoms with Crippen LogP contribution in [0.5, 0.6) is 11.5 Å². The van der Waals surface area contributed by atoms with E-state index >= 15 is 0 Å². The molecule has 122 valence electrons. The molecule has 0 aliphatic carbocycles. The monoisotopic (exact) mass is 336 g/mol. The van der Waals surface area contributed by atoms with Crippen molar-refractivity contribution in [1.82, 2.24) is 0 Å². The number of nitrogens with zero attached hydrogens (tertiary/aromatic N) is 1. The molecule has 2 aromatic carbocycles. The van der Waals surface area contributed by atoms with Crippen molar-refractivity contribution < 1.29 is 14.8 Å². The first kappa shape index (κ1) is 17.1. The molecule has 1 unspecified atom stereocenters. The molecule has 2 rings (SSSR count). The van der Waals surface area contributed by atoms with E-state index < -0.39 is 11.0 Å². The van der Waals surface area contributed by atoms with E-state index in [-0.39, 0.29) is 18.1 Å². The molecule has 0 saturated carbocycles. The van der Waals surface area contributed by atoms with E-state index in [4.69, 9.17) is 16.3 Å². The van der Waals surface area contributed by atoms with Crippen molar-refractivity contribution in [3.63, 3.8) is 0 Å². The summed E-state index contributed by atoms with van der Waals surface area (Å²) in [5, 5.41) is 23.4. The molecule has 0 fully saturated rings. The molecule has 0 aliphatic rings. The molecule has 23 heavy (non-hydrogen) atoms. The Morgan fingerprint density at radius 2 is 1.96 bits per heavy atom. The van der Waals surface area contributed by atoms with Gasteiger partial charge in [-0.1, -0.05) is 17.7 Å². The number of anilines is 1. The summed E-state index contributed by atoms with van der Waals surface area (Å²) in [6.07, 6.45) is -0.739. The second kappa shape index (κ2) is 7.80. The SMILES string of the molecule is Cc1ccc(Oc2cc(NCC(O)CCl)cc([N+](=O)[O-])c2)cc1. The van der Waals surface area contributed by atoms with Crippen molar-refractivity contribution in [2.45, 2.75) is 13.0 Å². The van der Waals surface area contributed by atoms with Gasteiger partial charge in [-0.05, 0) is 19.1 Å². The molecule has 0 bridgehead atoms. The van der Waals surface area contributed by atoms with Gasteiger partial charge in [0, 0.05) is 24.4 Å². The number of nitrogens with one attached hydrogen (secondary N) is 1. The van der Waals surface area contributed by atoms with Crippen molar-refractivity contribution in [2.75, 3.05) is 17.7 Å². The minimum Gasteiger partial charge on any atom is -0.457 e. The number of nitro groups is 1. The maximum absolute atomic E-state index is 11.0. The Labute approximate surface area is 138 Å². The minimum atomic E-state index is -0.739. The van der Waals surface area contributed by atoms with Gasteiger partial charge in [-0.3, -0.25) is 10.1 Å². The molecular formula is C16H17ClN2O4. The number of nitro benzene ring substituents is 1. The maximum atomic E-state index is 11.0. The number of hydrogen-bond acceptors (Lipinski definition) is 5. The quantitative estimate of drug-likeness (QED) is 0.457. The Kier molecular flexibility index (Phi) is 5.78. The minimum absolute atomic E-state index is 0.0780. The number of non-ortho nitro benzene ring substituents is 1. The maximum Gasteiger partial charge on any atom is 0.275 e. The molecule has 0 radical (unpaired) electrons. The van der Waals surface area contributed by atoms with Crippen molar-refractivity contribution in [2.24, 2.45) is 0 Å². The zero-order chi connectivity index (χ0) is 16.8. The second-order valence-corrected chi connectivity index (χ2v) is 5.39. The van der Waals surface area contributed by atoms with Crippen molar-refractivity contribution in [3.05, 3.63) is 58.1 Å². The van der Waals surface area contributed by atoms with Crippen LogP contribution < -0.4 is 10.1 Å². The summed E-state index contributed by atoms with van der Waals surface area (Å²) in [6.45, 7) is 2.15. The van der Waals surface area contributed by atoms with Crippen molar-refractivity contribution in [3.8, 4) is 11.5 Å². The lowest BCUT2D eigenvalue weighted by Crippen LogP contribution is -2.20. The van der Waals surface area contributed by atoms with Crippen LogP contribution in [-0.2, 0) is 0 Å². The first-order chi connectivity index (χ1) is 11.0. The average Bonchev–Trinajstić information content (AvgIpc) is 2.54. The normalized spacial score (nSPS) is 11.8. The topological polar surface area (TPSA) is 84.6 Å². The summed E-state index contributed by atoms with van der Waals surface area (Å²) in [6, 6.07) is 11.7. The van der Waals surface area contributed by atoms with Crippen LogP contribution in [-0.4, -0.2) is 28.6 Å². The molecule has 1 atom stereocenters. The van der Waals surface area contributed by atoms with E-state index in [2.05, 4.69) is 5.32 Å². The molecule has 6 nitrogen and oxygen atoms in total. The molecule has 0 aromatic heterocycles. The van der Waals surface area contributed by atoms with Gasteiger partial charge in [-0.15, -0.1) is 11.6 Å². The van der Waals surface area contributed by atoms with Crippen LogP contribution in [0.1, 0.15) is 5.56 Å². The fourth-order valence-electron chi connectivity index (χ4n) is 1.88. The van der Waals surface area contributed by atoms with Crippen LogP contribution in [0, 0.1) is 17.0 Å². The number of aliphatic hydroxyl groups excluding tert-OH is 1. The lowest BCUT2D eigenvalue weighted by atomic mass is 10.2. The Morgan fingerprint density at radius 3 is 2.57 bits per heavy atom. The summed E-state index contributed by atoms with van der Waals surface area (Å²) >= 11 is 5.53. The van der Waals surface area contributed by atoms with E-state index in [9.17, 15) is 15.2 Å². The Bertz CT molecular complexity index is 676. The third-order valence-electron chi connectivity index (χ3n) is 3.08. The van der Waals surface area contributed by atoms with Gasteiger partial charge in [-0.2, -0.15) is 0 Å².